The van der Waals surface area contributed by atoms with Crippen LogP contribution in [0.5, 0.6) is 0 Å². The van der Waals surface area contributed by atoms with Gasteiger partial charge in [-0.25, -0.2) is 4.39 Å². The SMILES string of the molecule is NSc1cc(NC(=O)Cc2ccccc2Cl)cc2c(F)cncc12. The molecule has 0 aliphatic carbocycles. The number of hydrogen-bond donors (Lipinski definition) is 2. The average Bonchev–Trinajstić information content (AvgIpc) is 2.57. The summed E-state index contributed by atoms with van der Waals surface area (Å²) in [6.45, 7) is 0. The summed E-state index contributed by atoms with van der Waals surface area (Å²) in [5.41, 5.74) is 1.19. The molecule has 3 N–H and O–H groups in total. The van der Waals surface area contributed by atoms with Gasteiger partial charge in [0, 0.05) is 32.6 Å². The van der Waals surface area contributed by atoms with E-state index in [9.17, 15) is 9.18 Å². The molecule has 3 aromatic rings. The molecule has 0 atom stereocenters. The first-order chi connectivity index (χ1) is 11.6. The normalized spacial score (nSPS) is 10.8. The molecular weight excluding hydrogens is 349 g/mol. The van der Waals surface area contributed by atoms with E-state index in [0.717, 1.165) is 23.7 Å². The summed E-state index contributed by atoms with van der Waals surface area (Å²) in [7, 11) is 0. The van der Waals surface area contributed by atoms with Crippen LogP contribution in [0.4, 0.5) is 10.1 Å². The predicted octanol–water partition coefficient (Wildman–Crippen LogP) is 4.17. The molecule has 4 nitrogen and oxygen atoms in total. The highest BCUT2D eigenvalue weighted by Crippen LogP contribution is 2.30. The molecular formula is C17H13ClFN3OS. The first-order valence-corrected chi connectivity index (χ1v) is 8.31. The molecule has 24 heavy (non-hydrogen) atoms. The van der Waals surface area contributed by atoms with Crippen LogP contribution >= 0.6 is 23.5 Å². The van der Waals surface area contributed by atoms with Gasteiger partial charge in [-0.2, -0.15) is 0 Å². The fourth-order valence-electron chi connectivity index (χ4n) is 2.39. The Morgan fingerprint density at radius 3 is 2.79 bits per heavy atom. The third-order valence-electron chi connectivity index (χ3n) is 3.51. The number of nitrogens with one attached hydrogen (secondary N) is 1. The number of nitrogens with zero attached hydrogens (tertiary/aromatic N) is 1. The quantitative estimate of drug-likeness (QED) is 0.684. The number of carbonyl (C=O) groups is 1. The molecule has 122 valence electrons. The highest BCUT2D eigenvalue weighted by atomic mass is 35.5. The van der Waals surface area contributed by atoms with E-state index in [0.29, 0.717) is 26.4 Å². The van der Waals surface area contributed by atoms with Crippen molar-refractivity contribution in [2.75, 3.05) is 5.32 Å². The number of anilines is 1. The third kappa shape index (κ3) is 3.51. The molecule has 1 aromatic heterocycles. The van der Waals surface area contributed by atoms with Crippen LogP contribution in [0.25, 0.3) is 10.8 Å². The maximum Gasteiger partial charge on any atom is 0.228 e. The Morgan fingerprint density at radius 2 is 2.04 bits per heavy atom. The predicted molar refractivity (Wildman–Crippen MR) is 95.5 cm³/mol. The largest absolute Gasteiger partial charge is 0.326 e. The van der Waals surface area contributed by atoms with Crippen molar-refractivity contribution in [1.29, 1.82) is 0 Å². The number of pyridine rings is 1. The van der Waals surface area contributed by atoms with Gasteiger partial charge in [0.15, 0.2) is 0 Å². The van der Waals surface area contributed by atoms with Crippen molar-refractivity contribution in [3.8, 4) is 0 Å². The molecule has 2 aromatic carbocycles. The van der Waals surface area contributed by atoms with Crippen LogP contribution in [0.1, 0.15) is 5.56 Å². The van der Waals surface area contributed by atoms with Gasteiger partial charge in [-0.1, -0.05) is 29.8 Å². The lowest BCUT2D eigenvalue weighted by Crippen LogP contribution is -2.14. The Balaban J connectivity index is 1.88. The van der Waals surface area contributed by atoms with Crippen molar-refractivity contribution in [3.05, 3.63) is 65.2 Å². The minimum absolute atomic E-state index is 0.127. The highest BCUT2D eigenvalue weighted by molar-refractivity contribution is 7.97. The number of amides is 1. The Bertz CT molecular complexity index is 919. The number of hydrogen-bond acceptors (Lipinski definition) is 4. The molecule has 0 saturated heterocycles. The van der Waals surface area contributed by atoms with Crippen LogP contribution in [0.15, 0.2) is 53.7 Å². The molecule has 0 bridgehead atoms. The van der Waals surface area contributed by atoms with Crippen LogP contribution in [0.3, 0.4) is 0 Å². The van der Waals surface area contributed by atoms with Crippen molar-refractivity contribution < 1.29 is 9.18 Å². The van der Waals surface area contributed by atoms with Gasteiger partial charge in [0.25, 0.3) is 0 Å². The van der Waals surface area contributed by atoms with Gasteiger partial charge in [-0.05, 0) is 35.7 Å². The molecule has 7 heteroatoms. The van der Waals surface area contributed by atoms with Crippen molar-refractivity contribution in [3.63, 3.8) is 0 Å². The zero-order valence-electron chi connectivity index (χ0n) is 12.4. The van der Waals surface area contributed by atoms with E-state index in [2.05, 4.69) is 10.3 Å². The van der Waals surface area contributed by atoms with E-state index >= 15 is 0 Å². The van der Waals surface area contributed by atoms with Gasteiger partial charge in [0.1, 0.15) is 5.82 Å². The molecule has 0 fully saturated rings. The fourth-order valence-corrected chi connectivity index (χ4v) is 3.08. The number of rotatable bonds is 4. The summed E-state index contributed by atoms with van der Waals surface area (Å²) in [5.74, 6) is -0.713. The van der Waals surface area contributed by atoms with E-state index in [-0.39, 0.29) is 12.3 Å². The number of aromatic nitrogens is 1. The zero-order valence-corrected chi connectivity index (χ0v) is 14.0. The van der Waals surface area contributed by atoms with Crippen molar-refractivity contribution in [1.82, 2.24) is 4.98 Å². The summed E-state index contributed by atoms with van der Waals surface area (Å²) in [6.07, 6.45) is 2.80. The van der Waals surface area contributed by atoms with Crippen LogP contribution < -0.4 is 10.5 Å². The number of nitrogens with two attached hydrogens (primary N) is 1. The van der Waals surface area contributed by atoms with E-state index in [1.54, 1.807) is 36.5 Å². The third-order valence-corrected chi connectivity index (χ3v) is 4.47. The van der Waals surface area contributed by atoms with E-state index in [1.807, 2.05) is 6.07 Å². The van der Waals surface area contributed by atoms with Gasteiger partial charge in [0.2, 0.25) is 5.91 Å². The molecule has 3 rings (SSSR count). The minimum Gasteiger partial charge on any atom is -0.326 e. The Kier molecular flexibility index (Phi) is 4.99. The minimum atomic E-state index is -0.468. The second-order valence-corrected chi connectivity index (χ2v) is 6.21. The Hall–Kier alpha value is -2.15. The smallest absolute Gasteiger partial charge is 0.228 e. The van der Waals surface area contributed by atoms with Gasteiger partial charge < -0.3 is 5.32 Å². The number of fused-ring (bicyclic) bond motifs is 1. The number of carbonyl (C=O) groups excluding carboxylic acids is 1. The van der Waals surface area contributed by atoms with Gasteiger partial charge in [0.05, 0.1) is 12.6 Å². The summed E-state index contributed by atoms with van der Waals surface area (Å²) < 4.78 is 14.0. The van der Waals surface area contributed by atoms with Crippen molar-refractivity contribution in [2.45, 2.75) is 11.3 Å². The first kappa shape index (κ1) is 16.7. The van der Waals surface area contributed by atoms with Gasteiger partial charge in [-0.3, -0.25) is 14.9 Å². The van der Waals surface area contributed by atoms with Crippen LogP contribution in [-0.4, -0.2) is 10.9 Å². The maximum absolute atomic E-state index is 14.0. The second kappa shape index (κ2) is 7.17. The Morgan fingerprint density at radius 1 is 1.25 bits per heavy atom. The summed E-state index contributed by atoms with van der Waals surface area (Å²) in [5, 5.41) is 9.89. The topological polar surface area (TPSA) is 68.0 Å². The van der Waals surface area contributed by atoms with Gasteiger partial charge >= 0.3 is 0 Å². The molecule has 0 spiro atoms. The number of halogens is 2. The molecule has 0 radical (unpaired) electrons. The fraction of sp³-hybridized carbons (Fsp3) is 0.0588. The van der Waals surface area contributed by atoms with Crippen molar-refractivity contribution in [2.24, 2.45) is 5.14 Å². The second-order valence-electron chi connectivity index (χ2n) is 5.13. The van der Waals surface area contributed by atoms with Gasteiger partial charge in [-0.15, -0.1) is 0 Å². The number of benzene rings is 2. The zero-order chi connectivity index (χ0) is 17.1. The molecule has 1 heterocycles. The molecule has 0 aliphatic heterocycles. The summed E-state index contributed by atoms with van der Waals surface area (Å²) in [4.78, 5) is 16.7. The Labute approximate surface area is 147 Å². The van der Waals surface area contributed by atoms with Crippen LogP contribution in [0.2, 0.25) is 5.02 Å². The van der Waals surface area contributed by atoms with E-state index in [4.69, 9.17) is 16.7 Å². The summed E-state index contributed by atoms with van der Waals surface area (Å²) >= 11 is 7.04. The first-order valence-electron chi connectivity index (χ1n) is 7.05. The molecule has 0 unspecified atom stereocenters. The monoisotopic (exact) mass is 361 g/mol. The molecule has 0 aliphatic rings. The maximum atomic E-state index is 14.0. The van der Waals surface area contributed by atoms with Crippen LogP contribution in [-0.2, 0) is 11.2 Å². The lowest BCUT2D eigenvalue weighted by Gasteiger charge is -2.10. The van der Waals surface area contributed by atoms with E-state index in [1.165, 1.54) is 0 Å². The molecule has 0 saturated carbocycles. The van der Waals surface area contributed by atoms with Crippen LogP contribution in [0, 0.1) is 5.82 Å². The standard InChI is InChI=1S/C17H13ClFN3OS/c18-14-4-2-1-3-10(14)5-17(23)22-11-6-12-13(16(7-11)24-20)8-21-9-15(12)19/h1-4,6-9H,5,20H2,(H,22,23). The summed E-state index contributed by atoms with van der Waals surface area (Å²) in [6, 6.07) is 10.4. The van der Waals surface area contributed by atoms with Crippen molar-refractivity contribution >= 4 is 45.9 Å². The average molecular weight is 362 g/mol. The lowest BCUT2D eigenvalue weighted by atomic mass is 10.1. The lowest BCUT2D eigenvalue weighted by molar-refractivity contribution is -0.115. The molecule has 1 amide bonds. The van der Waals surface area contributed by atoms with E-state index < -0.39 is 5.82 Å². The highest BCUT2D eigenvalue weighted by Gasteiger charge is 2.11.